The van der Waals surface area contributed by atoms with Crippen LogP contribution in [0.2, 0.25) is 0 Å². The molecule has 0 aliphatic heterocycles. The van der Waals surface area contributed by atoms with Gasteiger partial charge in [0.15, 0.2) is 0 Å². The average molecular weight is 200 g/mol. The molecule has 0 spiro atoms. The first-order chi connectivity index (χ1) is 6.24. The molecule has 0 saturated heterocycles. The van der Waals surface area contributed by atoms with Gasteiger partial charge in [0.2, 0.25) is 0 Å². The third-order valence-electron chi connectivity index (χ3n) is 1.57. The zero-order valence-corrected chi connectivity index (χ0v) is 8.21. The topological polar surface area (TPSA) is 65.2 Å². The monoisotopic (exact) mass is 200 g/mol. The standard InChI is InChI=1S/C8H12N2O2S/c1-2-12-8(11)3-7(9)6-4-10-13-5-6/h4-5,7H,2-3,9H2,1H3/t7-/m0/s1. The molecule has 0 aromatic carbocycles. The van der Waals surface area contributed by atoms with Gasteiger partial charge in [-0.15, -0.1) is 0 Å². The Kier molecular flexibility index (Phi) is 3.85. The molecule has 0 bridgehead atoms. The molecule has 1 aromatic heterocycles. The van der Waals surface area contributed by atoms with Gasteiger partial charge in [0.25, 0.3) is 0 Å². The van der Waals surface area contributed by atoms with Crippen LogP contribution >= 0.6 is 11.5 Å². The number of carbonyl (C=O) groups excluding carboxylic acids is 1. The molecule has 72 valence electrons. The van der Waals surface area contributed by atoms with Crippen LogP contribution in [0.3, 0.4) is 0 Å². The molecule has 5 heteroatoms. The molecule has 4 nitrogen and oxygen atoms in total. The highest BCUT2D eigenvalue weighted by atomic mass is 32.1. The Balaban J connectivity index is 2.42. The number of nitrogens with two attached hydrogens (primary N) is 1. The lowest BCUT2D eigenvalue weighted by atomic mass is 10.1. The molecule has 1 rings (SSSR count). The van der Waals surface area contributed by atoms with E-state index in [9.17, 15) is 4.79 Å². The molecule has 1 aromatic rings. The summed E-state index contributed by atoms with van der Waals surface area (Å²) in [6.07, 6.45) is 1.89. The van der Waals surface area contributed by atoms with E-state index in [4.69, 9.17) is 10.5 Å². The third-order valence-corrected chi connectivity index (χ3v) is 2.18. The van der Waals surface area contributed by atoms with Crippen LogP contribution in [0.4, 0.5) is 0 Å². The highest BCUT2D eigenvalue weighted by Gasteiger charge is 2.12. The number of hydrogen-bond acceptors (Lipinski definition) is 5. The lowest BCUT2D eigenvalue weighted by Crippen LogP contribution is -2.16. The summed E-state index contributed by atoms with van der Waals surface area (Å²) in [5.41, 5.74) is 6.62. The highest BCUT2D eigenvalue weighted by molar-refractivity contribution is 7.03. The van der Waals surface area contributed by atoms with E-state index in [1.165, 1.54) is 11.5 Å². The molecule has 0 amide bonds. The molecular formula is C8H12N2O2S. The van der Waals surface area contributed by atoms with Crippen molar-refractivity contribution in [2.45, 2.75) is 19.4 Å². The largest absolute Gasteiger partial charge is 0.466 e. The van der Waals surface area contributed by atoms with Gasteiger partial charge in [0, 0.05) is 23.2 Å². The van der Waals surface area contributed by atoms with Crippen molar-refractivity contribution in [3.63, 3.8) is 0 Å². The number of ether oxygens (including phenoxy) is 1. The fourth-order valence-corrected chi connectivity index (χ4v) is 1.51. The fraction of sp³-hybridized carbons (Fsp3) is 0.500. The summed E-state index contributed by atoms with van der Waals surface area (Å²) < 4.78 is 8.68. The molecule has 0 aliphatic rings. The quantitative estimate of drug-likeness (QED) is 0.739. The predicted molar refractivity (Wildman–Crippen MR) is 50.3 cm³/mol. The summed E-state index contributed by atoms with van der Waals surface area (Å²) in [6, 6.07) is -0.294. The van der Waals surface area contributed by atoms with Crippen LogP contribution in [0.15, 0.2) is 11.6 Å². The molecular weight excluding hydrogens is 188 g/mol. The normalized spacial score (nSPS) is 12.5. The number of rotatable bonds is 4. The van der Waals surface area contributed by atoms with Crippen molar-refractivity contribution in [1.82, 2.24) is 4.37 Å². The van der Waals surface area contributed by atoms with Gasteiger partial charge < -0.3 is 10.5 Å². The summed E-state index contributed by atoms with van der Waals surface area (Å²) in [6.45, 7) is 2.17. The number of hydrogen-bond donors (Lipinski definition) is 1. The van der Waals surface area contributed by atoms with Crippen molar-refractivity contribution in [3.8, 4) is 0 Å². The van der Waals surface area contributed by atoms with Gasteiger partial charge in [-0.05, 0) is 18.5 Å². The Morgan fingerprint density at radius 2 is 2.62 bits per heavy atom. The Bertz CT molecular complexity index is 261. The van der Waals surface area contributed by atoms with Gasteiger partial charge in [-0.25, -0.2) is 4.37 Å². The van der Waals surface area contributed by atoms with Gasteiger partial charge in [0.05, 0.1) is 13.0 Å². The molecule has 2 N–H and O–H groups in total. The van der Waals surface area contributed by atoms with E-state index in [1.54, 1.807) is 13.1 Å². The van der Waals surface area contributed by atoms with Crippen LogP contribution in [-0.2, 0) is 9.53 Å². The second-order valence-corrected chi connectivity index (χ2v) is 3.23. The Hall–Kier alpha value is -0.940. The van der Waals surface area contributed by atoms with E-state index < -0.39 is 0 Å². The van der Waals surface area contributed by atoms with Crippen LogP contribution in [0, 0.1) is 0 Å². The first kappa shape index (κ1) is 10.1. The van der Waals surface area contributed by atoms with Crippen LogP contribution in [0.25, 0.3) is 0 Å². The molecule has 0 saturated carbocycles. The highest BCUT2D eigenvalue weighted by Crippen LogP contribution is 2.15. The second kappa shape index (κ2) is 4.94. The van der Waals surface area contributed by atoms with Gasteiger partial charge in [0.1, 0.15) is 0 Å². The third kappa shape index (κ3) is 3.12. The summed E-state index contributed by atoms with van der Waals surface area (Å²) in [4.78, 5) is 11.0. The maximum atomic E-state index is 11.0. The number of carbonyl (C=O) groups is 1. The van der Waals surface area contributed by atoms with E-state index in [1.807, 2.05) is 5.38 Å². The number of esters is 1. The minimum Gasteiger partial charge on any atom is -0.466 e. The predicted octanol–water partition coefficient (Wildman–Crippen LogP) is 1.10. The molecule has 13 heavy (non-hydrogen) atoms. The zero-order valence-electron chi connectivity index (χ0n) is 7.40. The number of nitrogens with zero attached hydrogens (tertiary/aromatic N) is 1. The summed E-state index contributed by atoms with van der Waals surface area (Å²) >= 11 is 1.33. The Morgan fingerprint density at radius 1 is 1.85 bits per heavy atom. The molecule has 0 fully saturated rings. The molecule has 1 heterocycles. The fourth-order valence-electron chi connectivity index (χ4n) is 0.913. The maximum absolute atomic E-state index is 11.0. The van der Waals surface area contributed by atoms with Crippen molar-refractivity contribution in [2.75, 3.05) is 6.61 Å². The minimum absolute atomic E-state index is 0.215. The molecule has 0 unspecified atom stereocenters. The SMILES string of the molecule is CCOC(=O)C[C@H](N)c1cnsc1. The minimum atomic E-state index is -0.294. The summed E-state index contributed by atoms with van der Waals surface area (Å²) in [7, 11) is 0. The maximum Gasteiger partial charge on any atom is 0.307 e. The number of aromatic nitrogens is 1. The molecule has 0 aliphatic carbocycles. The lowest BCUT2D eigenvalue weighted by Gasteiger charge is -2.07. The molecule has 1 atom stereocenters. The van der Waals surface area contributed by atoms with Gasteiger partial charge in [-0.1, -0.05) is 0 Å². The van der Waals surface area contributed by atoms with Crippen LogP contribution in [0.5, 0.6) is 0 Å². The van der Waals surface area contributed by atoms with E-state index in [0.29, 0.717) is 6.61 Å². The Morgan fingerprint density at radius 3 is 3.15 bits per heavy atom. The first-order valence-corrected chi connectivity index (χ1v) is 4.88. The smallest absolute Gasteiger partial charge is 0.307 e. The van der Waals surface area contributed by atoms with Crippen molar-refractivity contribution >= 4 is 17.5 Å². The molecule has 0 radical (unpaired) electrons. The van der Waals surface area contributed by atoms with Crippen molar-refractivity contribution in [2.24, 2.45) is 5.73 Å². The zero-order chi connectivity index (χ0) is 9.68. The van der Waals surface area contributed by atoms with Crippen molar-refractivity contribution in [1.29, 1.82) is 0 Å². The van der Waals surface area contributed by atoms with Gasteiger partial charge in [-0.3, -0.25) is 4.79 Å². The van der Waals surface area contributed by atoms with Crippen LogP contribution in [-0.4, -0.2) is 16.9 Å². The second-order valence-electron chi connectivity index (χ2n) is 2.57. The summed E-state index contributed by atoms with van der Waals surface area (Å²) in [5, 5.41) is 1.84. The lowest BCUT2D eigenvalue weighted by molar-refractivity contribution is -0.143. The van der Waals surface area contributed by atoms with E-state index in [2.05, 4.69) is 4.37 Å². The van der Waals surface area contributed by atoms with Gasteiger partial charge in [-0.2, -0.15) is 0 Å². The van der Waals surface area contributed by atoms with E-state index in [0.717, 1.165) is 5.56 Å². The van der Waals surface area contributed by atoms with E-state index >= 15 is 0 Å². The van der Waals surface area contributed by atoms with Gasteiger partial charge >= 0.3 is 5.97 Å². The first-order valence-electron chi connectivity index (χ1n) is 4.04. The van der Waals surface area contributed by atoms with Crippen molar-refractivity contribution in [3.05, 3.63) is 17.1 Å². The van der Waals surface area contributed by atoms with E-state index in [-0.39, 0.29) is 18.4 Å². The summed E-state index contributed by atoms with van der Waals surface area (Å²) in [5.74, 6) is -0.263. The van der Waals surface area contributed by atoms with Crippen LogP contribution < -0.4 is 5.73 Å². The van der Waals surface area contributed by atoms with Crippen LogP contribution in [0.1, 0.15) is 24.9 Å². The Labute approximate surface area is 80.9 Å². The average Bonchev–Trinajstić information content (AvgIpc) is 2.55. The van der Waals surface area contributed by atoms with Crippen molar-refractivity contribution < 1.29 is 9.53 Å².